The molecule has 184 valence electrons. The van der Waals surface area contributed by atoms with Crippen molar-refractivity contribution in [3.05, 3.63) is 60.2 Å². The lowest BCUT2D eigenvalue weighted by molar-refractivity contribution is -0.605. The van der Waals surface area contributed by atoms with Crippen molar-refractivity contribution in [1.82, 2.24) is 9.80 Å². The van der Waals surface area contributed by atoms with Gasteiger partial charge in [-0.1, -0.05) is 6.07 Å². The average Bonchev–Trinajstić information content (AvgIpc) is 3.41. The van der Waals surface area contributed by atoms with Gasteiger partial charge in [-0.2, -0.15) is 0 Å². The molecule has 0 unspecified atom stereocenters. The number of phenolic OH excluding ortho intramolecular Hbond substituents is 1. The molecular weight excluding hydrogens is 534 g/mol. The number of amides is 1. The minimum Gasteiger partial charge on any atom is -0.504 e. The molecule has 2 aromatic rings. The number of piperidine rings is 1. The molecular formula is C25H26BrN3O5S. The molecule has 1 saturated heterocycles. The Morgan fingerprint density at radius 2 is 2.23 bits per heavy atom. The van der Waals surface area contributed by atoms with Gasteiger partial charge < -0.3 is 14.7 Å². The molecule has 3 heterocycles. The minimum atomic E-state index is -1.23. The fourth-order valence-electron chi connectivity index (χ4n) is 7.35. The van der Waals surface area contributed by atoms with Gasteiger partial charge in [0, 0.05) is 44.8 Å². The van der Waals surface area contributed by atoms with Crippen molar-refractivity contribution in [1.29, 1.82) is 0 Å². The predicted molar refractivity (Wildman–Crippen MR) is 136 cm³/mol. The van der Waals surface area contributed by atoms with E-state index in [0.717, 1.165) is 20.5 Å². The van der Waals surface area contributed by atoms with E-state index < -0.39 is 17.1 Å². The predicted octanol–water partition coefficient (Wildman–Crippen LogP) is 3.82. The number of rotatable bonds is 4. The molecule has 1 amide bonds. The van der Waals surface area contributed by atoms with Crippen LogP contribution in [0.4, 0.5) is 0 Å². The van der Waals surface area contributed by atoms with Gasteiger partial charge in [-0.05, 0) is 72.6 Å². The highest BCUT2D eigenvalue weighted by Crippen LogP contribution is 2.66. The van der Waals surface area contributed by atoms with Crippen molar-refractivity contribution in [2.75, 3.05) is 20.6 Å². The SMILES string of the molecule is CN1CC[C@]23c4c5ccc(O)c4O[C@H]2[C@H](N(C)C(=O)/C=C/c2cc(Br)cs2)CC[C@@]3([N+](=O)[O-])[C@H]1C5. The number of halogens is 1. The number of carbonyl (C=O) groups is 1. The second-order valence-electron chi connectivity index (χ2n) is 10.1. The standard InChI is InChI=1S/C25H26BrN3O5S/c1-27-10-9-24-21-14-3-5-18(30)22(21)34-23(24)17(7-8-25(24,29(32)33)19(27)11-14)28(2)20(31)6-4-16-12-15(26)13-35-16/h3-6,12-13,17,19,23,30H,7-11H2,1-2H3/b6-4+/t17-,19-,23+,24+,25-/m1/s1. The van der Waals surface area contributed by atoms with Crippen molar-refractivity contribution < 1.29 is 19.6 Å². The Kier molecular flexibility index (Phi) is 5.11. The molecule has 4 aliphatic rings. The lowest BCUT2D eigenvalue weighted by Crippen LogP contribution is -2.80. The monoisotopic (exact) mass is 559 g/mol. The second-order valence-corrected chi connectivity index (χ2v) is 12.0. The van der Waals surface area contributed by atoms with Crippen LogP contribution < -0.4 is 4.74 Å². The number of hydrogen-bond donors (Lipinski definition) is 1. The number of ether oxygens (including phenoxy) is 1. The summed E-state index contributed by atoms with van der Waals surface area (Å²) in [6.45, 7) is 0.701. The number of likely N-dealkylation sites (tertiary alicyclic amines) is 1. The summed E-state index contributed by atoms with van der Waals surface area (Å²) in [5.41, 5.74) is -0.314. The second kappa shape index (κ2) is 7.78. The number of aromatic hydroxyl groups is 1. The van der Waals surface area contributed by atoms with Crippen LogP contribution in [0.1, 0.15) is 35.3 Å². The zero-order valence-corrected chi connectivity index (χ0v) is 21.8. The third-order valence-corrected chi connectivity index (χ3v) is 10.5. The molecule has 1 aromatic carbocycles. The molecule has 2 aliphatic carbocycles. The Labute approximate surface area is 215 Å². The Bertz CT molecular complexity index is 1280. The summed E-state index contributed by atoms with van der Waals surface area (Å²) in [5, 5.41) is 25.7. The smallest absolute Gasteiger partial charge is 0.251 e. The lowest BCUT2D eigenvalue weighted by Gasteiger charge is -2.61. The lowest BCUT2D eigenvalue weighted by atomic mass is 9.47. The highest BCUT2D eigenvalue weighted by molar-refractivity contribution is 9.10. The highest BCUT2D eigenvalue weighted by atomic mass is 79.9. The van der Waals surface area contributed by atoms with Crippen LogP contribution in [0.25, 0.3) is 6.08 Å². The first-order valence-corrected chi connectivity index (χ1v) is 13.4. The van der Waals surface area contributed by atoms with E-state index in [-0.39, 0.29) is 28.7 Å². The maximum Gasteiger partial charge on any atom is 0.251 e. The molecule has 1 spiro atoms. The van der Waals surface area contributed by atoms with E-state index in [9.17, 15) is 20.0 Å². The van der Waals surface area contributed by atoms with E-state index in [1.165, 1.54) is 11.3 Å². The summed E-state index contributed by atoms with van der Waals surface area (Å²) in [6.07, 6.45) is 4.66. The van der Waals surface area contributed by atoms with Crippen LogP contribution in [0.15, 0.2) is 34.1 Å². The summed E-state index contributed by atoms with van der Waals surface area (Å²) in [5.74, 6) is 0.209. The van der Waals surface area contributed by atoms with Gasteiger partial charge in [-0.3, -0.25) is 19.8 Å². The molecule has 2 fully saturated rings. The van der Waals surface area contributed by atoms with Gasteiger partial charge >= 0.3 is 0 Å². The zero-order chi connectivity index (χ0) is 24.7. The van der Waals surface area contributed by atoms with Gasteiger partial charge in [-0.15, -0.1) is 11.3 Å². The number of thiophene rings is 1. The summed E-state index contributed by atoms with van der Waals surface area (Å²) >= 11 is 4.96. The van der Waals surface area contributed by atoms with Crippen LogP contribution in [-0.4, -0.2) is 70.1 Å². The normalized spacial score (nSPS) is 32.8. The summed E-state index contributed by atoms with van der Waals surface area (Å²) < 4.78 is 7.44. The van der Waals surface area contributed by atoms with Crippen molar-refractivity contribution in [2.45, 2.75) is 54.8 Å². The van der Waals surface area contributed by atoms with Crippen LogP contribution in [0.2, 0.25) is 0 Å². The van der Waals surface area contributed by atoms with Gasteiger partial charge in [0.1, 0.15) is 11.5 Å². The van der Waals surface area contributed by atoms with Crippen LogP contribution in [0.5, 0.6) is 11.5 Å². The molecule has 8 nitrogen and oxygen atoms in total. The molecule has 2 bridgehead atoms. The molecule has 6 rings (SSSR count). The molecule has 1 N–H and O–H groups in total. The van der Waals surface area contributed by atoms with E-state index in [1.54, 1.807) is 30.2 Å². The molecule has 0 radical (unpaired) electrons. The van der Waals surface area contributed by atoms with E-state index in [4.69, 9.17) is 4.74 Å². The number of benzene rings is 1. The Morgan fingerprint density at radius 3 is 2.94 bits per heavy atom. The Morgan fingerprint density at radius 1 is 1.43 bits per heavy atom. The maximum absolute atomic E-state index is 13.2. The first kappa shape index (κ1) is 23.0. The van der Waals surface area contributed by atoms with E-state index in [0.29, 0.717) is 38.0 Å². The number of nitrogens with zero attached hydrogens (tertiary/aromatic N) is 3. The molecule has 1 saturated carbocycles. The van der Waals surface area contributed by atoms with Crippen molar-refractivity contribution in [3.63, 3.8) is 0 Å². The fraction of sp³-hybridized carbons (Fsp3) is 0.480. The molecule has 10 heteroatoms. The number of hydrogen-bond acceptors (Lipinski definition) is 7. The van der Waals surface area contributed by atoms with Crippen LogP contribution in [0, 0.1) is 10.1 Å². The number of nitro groups is 1. The van der Waals surface area contributed by atoms with Crippen LogP contribution in [0.3, 0.4) is 0 Å². The quantitative estimate of drug-likeness (QED) is 0.347. The summed E-state index contributed by atoms with van der Waals surface area (Å²) in [6, 6.07) is 4.85. The van der Waals surface area contributed by atoms with Crippen molar-refractivity contribution >= 4 is 39.2 Å². The van der Waals surface area contributed by atoms with Gasteiger partial charge in [0.2, 0.25) is 5.91 Å². The third-order valence-electron chi connectivity index (χ3n) is 8.85. The van der Waals surface area contributed by atoms with Gasteiger partial charge in [0.15, 0.2) is 11.5 Å². The summed E-state index contributed by atoms with van der Waals surface area (Å²) in [4.78, 5) is 30.9. The van der Waals surface area contributed by atoms with Gasteiger partial charge in [0.25, 0.3) is 5.54 Å². The minimum absolute atomic E-state index is 0.0121. The first-order valence-electron chi connectivity index (χ1n) is 11.8. The molecule has 2 aliphatic heterocycles. The van der Waals surface area contributed by atoms with Crippen molar-refractivity contribution in [3.8, 4) is 11.5 Å². The largest absolute Gasteiger partial charge is 0.504 e. The Balaban J connectivity index is 1.44. The van der Waals surface area contributed by atoms with Crippen molar-refractivity contribution in [2.24, 2.45) is 0 Å². The van der Waals surface area contributed by atoms with E-state index in [1.807, 2.05) is 24.6 Å². The summed E-state index contributed by atoms with van der Waals surface area (Å²) in [7, 11) is 3.72. The van der Waals surface area contributed by atoms with Crippen LogP contribution in [-0.2, 0) is 16.6 Å². The van der Waals surface area contributed by atoms with Gasteiger partial charge in [0.05, 0.1) is 12.1 Å². The zero-order valence-electron chi connectivity index (χ0n) is 19.4. The topological polar surface area (TPSA) is 96.2 Å². The van der Waals surface area contributed by atoms with Gasteiger partial charge in [-0.25, -0.2) is 0 Å². The average molecular weight is 560 g/mol. The molecule has 35 heavy (non-hydrogen) atoms. The van der Waals surface area contributed by atoms with Crippen LogP contribution >= 0.6 is 27.3 Å². The number of phenols is 1. The number of likely N-dealkylation sites (N-methyl/N-ethyl adjacent to an activating group) is 2. The van der Waals surface area contributed by atoms with E-state index >= 15 is 0 Å². The first-order chi connectivity index (χ1) is 16.7. The maximum atomic E-state index is 13.2. The molecule has 5 atom stereocenters. The fourth-order valence-corrected chi connectivity index (χ4v) is 8.69. The van der Waals surface area contributed by atoms with E-state index in [2.05, 4.69) is 20.8 Å². The Hall–Kier alpha value is -2.43. The molecule has 1 aromatic heterocycles. The highest BCUT2D eigenvalue weighted by Gasteiger charge is 2.80. The third kappa shape index (κ3) is 2.90. The number of carbonyl (C=O) groups excluding carboxylic acids is 1.